The summed E-state index contributed by atoms with van der Waals surface area (Å²) in [6.07, 6.45) is 6.10. The SMILES string of the molecule is CCCC[C@H]1CC[C@H](CC)N1S(=O)(=O)c1ccc(C)cc1. The summed E-state index contributed by atoms with van der Waals surface area (Å²) < 4.78 is 27.8. The first-order chi connectivity index (χ1) is 10.0. The van der Waals surface area contributed by atoms with Crippen LogP contribution in [-0.2, 0) is 10.0 Å². The van der Waals surface area contributed by atoms with E-state index in [-0.39, 0.29) is 12.1 Å². The van der Waals surface area contributed by atoms with Crippen molar-refractivity contribution >= 4 is 10.0 Å². The van der Waals surface area contributed by atoms with E-state index in [2.05, 4.69) is 13.8 Å². The van der Waals surface area contributed by atoms with E-state index in [0.29, 0.717) is 4.90 Å². The quantitative estimate of drug-likeness (QED) is 0.793. The van der Waals surface area contributed by atoms with Crippen LogP contribution in [0.2, 0.25) is 0 Å². The third-order valence-electron chi connectivity index (χ3n) is 4.51. The van der Waals surface area contributed by atoms with Crippen molar-refractivity contribution in [2.24, 2.45) is 0 Å². The van der Waals surface area contributed by atoms with Gasteiger partial charge in [-0.2, -0.15) is 4.31 Å². The molecule has 0 bridgehead atoms. The van der Waals surface area contributed by atoms with Crippen molar-refractivity contribution in [3.8, 4) is 0 Å². The van der Waals surface area contributed by atoms with Gasteiger partial charge in [-0.3, -0.25) is 0 Å². The Labute approximate surface area is 129 Å². The Hall–Kier alpha value is -0.870. The van der Waals surface area contributed by atoms with Gasteiger partial charge in [-0.15, -0.1) is 0 Å². The fourth-order valence-corrected chi connectivity index (χ4v) is 5.23. The van der Waals surface area contributed by atoms with Gasteiger partial charge in [0.05, 0.1) is 4.90 Å². The first-order valence-corrected chi connectivity index (χ1v) is 9.55. The van der Waals surface area contributed by atoms with E-state index in [0.717, 1.165) is 44.1 Å². The molecular formula is C17H27NO2S. The Morgan fingerprint density at radius 3 is 2.29 bits per heavy atom. The summed E-state index contributed by atoms with van der Waals surface area (Å²) in [5.41, 5.74) is 1.09. The van der Waals surface area contributed by atoms with E-state index >= 15 is 0 Å². The van der Waals surface area contributed by atoms with Gasteiger partial charge < -0.3 is 0 Å². The minimum atomic E-state index is -3.36. The zero-order valence-corrected chi connectivity index (χ0v) is 14.2. The largest absolute Gasteiger partial charge is 0.243 e. The summed E-state index contributed by atoms with van der Waals surface area (Å²) in [4.78, 5) is 0.440. The van der Waals surface area contributed by atoms with E-state index in [1.807, 2.05) is 23.4 Å². The van der Waals surface area contributed by atoms with Gasteiger partial charge in [0.15, 0.2) is 0 Å². The molecule has 0 aromatic heterocycles. The highest BCUT2D eigenvalue weighted by Gasteiger charge is 2.40. The predicted molar refractivity (Wildman–Crippen MR) is 86.8 cm³/mol. The van der Waals surface area contributed by atoms with E-state index in [4.69, 9.17) is 0 Å². The number of hydrogen-bond acceptors (Lipinski definition) is 2. The van der Waals surface area contributed by atoms with Crippen LogP contribution in [0.25, 0.3) is 0 Å². The second kappa shape index (κ2) is 6.93. The molecule has 0 radical (unpaired) electrons. The van der Waals surface area contributed by atoms with Crippen LogP contribution < -0.4 is 0 Å². The van der Waals surface area contributed by atoms with E-state index in [9.17, 15) is 8.42 Å². The Morgan fingerprint density at radius 2 is 1.71 bits per heavy atom. The van der Waals surface area contributed by atoms with Crippen molar-refractivity contribution in [3.05, 3.63) is 29.8 Å². The van der Waals surface area contributed by atoms with Gasteiger partial charge in [0.25, 0.3) is 0 Å². The molecule has 0 unspecified atom stereocenters. The fourth-order valence-electron chi connectivity index (χ4n) is 3.26. The summed E-state index contributed by atoms with van der Waals surface area (Å²) in [7, 11) is -3.36. The molecule has 0 saturated carbocycles. The van der Waals surface area contributed by atoms with Gasteiger partial charge in [-0.1, -0.05) is 44.4 Å². The zero-order valence-electron chi connectivity index (χ0n) is 13.4. The lowest BCUT2D eigenvalue weighted by Crippen LogP contribution is -2.40. The van der Waals surface area contributed by atoms with Crippen LogP contribution in [0.5, 0.6) is 0 Å². The smallest absolute Gasteiger partial charge is 0.207 e. The molecule has 1 aliphatic rings. The molecule has 1 fully saturated rings. The zero-order chi connectivity index (χ0) is 15.5. The first kappa shape index (κ1) is 16.5. The van der Waals surface area contributed by atoms with Crippen molar-refractivity contribution in [2.45, 2.75) is 76.3 Å². The van der Waals surface area contributed by atoms with Crippen molar-refractivity contribution in [1.82, 2.24) is 4.31 Å². The van der Waals surface area contributed by atoms with Crippen LogP contribution in [0, 0.1) is 6.92 Å². The molecule has 1 saturated heterocycles. The summed E-state index contributed by atoms with van der Waals surface area (Å²) >= 11 is 0. The third-order valence-corrected chi connectivity index (χ3v) is 6.53. The van der Waals surface area contributed by atoms with Crippen molar-refractivity contribution in [1.29, 1.82) is 0 Å². The second-order valence-electron chi connectivity index (χ2n) is 6.08. The highest BCUT2D eigenvalue weighted by Crippen LogP contribution is 2.34. The van der Waals surface area contributed by atoms with Gasteiger partial charge in [0.1, 0.15) is 0 Å². The minimum Gasteiger partial charge on any atom is -0.207 e. The first-order valence-electron chi connectivity index (χ1n) is 8.11. The Bertz CT molecular complexity index is 551. The maximum absolute atomic E-state index is 13.0. The van der Waals surface area contributed by atoms with Crippen LogP contribution >= 0.6 is 0 Å². The van der Waals surface area contributed by atoms with Gasteiger partial charge >= 0.3 is 0 Å². The van der Waals surface area contributed by atoms with Gasteiger partial charge in [0.2, 0.25) is 10.0 Å². The molecule has 1 aromatic rings. The summed E-state index contributed by atoms with van der Waals surface area (Å²) in [6, 6.07) is 7.59. The lowest BCUT2D eigenvalue weighted by molar-refractivity contribution is 0.300. The molecule has 3 nitrogen and oxygen atoms in total. The van der Waals surface area contributed by atoms with E-state index < -0.39 is 10.0 Å². The second-order valence-corrected chi connectivity index (χ2v) is 7.93. The van der Waals surface area contributed by atoms with Crippen molar-refractivity contribution in [2.75, 3.05) is 0 Å². The number of unbranched alkanes of at least 4 members (excludes halogenated alkanes) is 1. The fraction of sp³-hybridized carbons (Fsp3) is 0.647. The highest BCUT2D eigenvalue weighted by molar-refractivity contribution is 7.89. The van der Waals surface area contributed by atoms with Gasteiger partial charge in [-0.25, -0.2) is 8.42 Å². The standard InChI is InChI=1S/C17H27NO2S/c1-4-6-7-16-11-10-15(5-2)18(16)21(19,20)17-12-8-14(3)9-13-17/h8-9,12-13,15-16H,4-7,10-11H2,1-3H3/t15-,16-/m0/s1. The number of rotatable bonds is 6. The van der Waals surface area contributed by atoms with Crippen LogP contribution in [-0.4, -0.2) is 24.8 Å². The van der Waals surface area contributed by atoms with Gasteiger partial charge in [0, 0.05) is 12.1 Å². The monoisotopic (exact) mass is 309 g/mol. The maximum atomic E-state index is 13.0. The van der Waals surface area contributed by atoms with E-state index in [1.165, 1.54) is 0 Å². The van der Waals surface area contributed by atoms with Crippen molar-refractivity contribution < 1.29 is 8.42 Å². The molecule has 0 N–H and O–H groups in total. The highest BCUT2D eigenvalue weighted by atomic mass is 32.2. The lowest BCUT2D eigenvalue weighted by Gasteiger charge is -2.29. The van der Waals surface area contributed by atoms with Crippen LogP contribution in [0.4, 0.5) is 0 Å². The van der Waals surface area contributed by atoms with Crippen LogP contribution in [0.15, 0.2) is 29.2 Å². The maximum Gasteiger partial charge on any atom is 0.243 e. The van der Waals surface area contributed by atoms with Gasteiger partial charge in [-0.05, 0) is 44.7 Å². The molecule has 0 amide bonds. The van der Waals surface area contributed by atoms with Crippen LogP contribution in [0.1, 0.15) is 57.9 Å². The summed E-state index contributed by atoms with van der Waals surface area (Å²) in [5, 5.41) is 0. The molecule has 1 aromatic carbocycles. The molecule has 1 aliphatic heterocycles. The number of aryl methyl sites for hydroxylation is 1. The third kappa shape index (κ3) is 3.49. The number of benzene rings is 1. The Balaban J connectivity index is 2.31. The Kier molecular flexibility index (Phi) is 5.44. The molecule has 118 valence electrons. The molecule has 21 heavy (non-hydrogen) atoms. The molecular weight excluding hydrogens is 282 g/mol. The number of hydrogen-bond donors (Lipinski definition) is 0. The molecule has 1 heterocycles. The number of sulfonamides is 1. The Morgan fingerprint density at radius 1 is 1.10 bits per heavy atom. The summed E-state index contributed by atoms with van der Waals surface area (Å²) in [6.45, 7) is 6.22. The van der Waals surface area contributed by atoms with Crippen molar-refractivity contribution in [3.63, 3.8) is 0 Å². The van der Waals surface area contributed by atoms with Crippen LogP contribution in [0.3, 0.4) is 0 Å². The predicted octanol–water partition coefficient (Wildman–Crippen LogP) is 4.12. The summed E-state index contributed by atoms with van der Waals surface area (Å²) in [5.74, 6) is 0. The average Bonchev–Trinajstić information content (AvgIpc) is 2.89. The molecule has 4 heteroatoms. The van der Waals surface area contributed by atoms with E-state index in [1.54, 1.807) is 12.1 Å². The minimum absolute atomic E-state index is 0.165. The molecule has 2 atom stereocenters. The molecule has 0 aliphatic carbocycles. The normalized spacial score (nSPS) is 23.6. The lowest BCUT2D eigenvalue weighted by atomic mass is 10.1. The topological polar surface area (TPSA) is 37.4 Å². The average molecular weight is 309 g/mol. The molecule has 0 spiro atoms. The molecule has 2 rings (SSSR count). The number of nitrogens with zero attached hydrogens (tertiary/aromatic N) is 1.